The maximum absolute atomic E-state index is 11.5. The van der Waals surface area contributed by atoms with E-state index in [1.165, 1.54) is 0 Å². The number of carbonyl (C=O) groups is 1. The average molecular weight is 245 g/mol. The number of hydrogen-bond donors (Lipinski definition) is 2. The fourth-order valence-corrected chi connectivity index (χ4v) is 1.40. The number of thiocarbonyl (C=S) groups is 1. The Balaban J connectivity index is 3.73. The SMILES string of the molecule is CCCCNC(=O)CN(C)CC(C)C(N)=S. The molecule has 0 spiro atoms. The van der Waals surface area contributed by atoms with Crippen LogP contribution in [0.15, 0.2) is 0 Å². The van der Waals surface area contributed by atoms with E-state index in [0.29, 0.717) is 11.5 Å². The standard InChI is InChI=1S/C11H23N3OS/c1-4-5-6-13-10(15)8-14(3)7-9(2)11(12)16/h9H,4-8H2,1-3H3,(H2,12,16)(H,13,15). The lowest BCUT2D eigenvalue weighted by molar-refractivity contribution is -0.122. The van der Waals surface area contributed by atoms with Crippen LogP contribution in [0.4, 0.5) is 0 Å². The van der Waals surface area contributed by atoms with Crippen LogP contribution >= 0.6 is 12.2 Å². The van der Waals surface area contributed by atoms with Gasteiger partial charge in [-0.3, -0.25) is 9.69 Å². The second-order valence-corrected chi connectivity index (χ2v) is 4.68. The van der Waals surface area contributed by atoms with Crippen LogP contribution in [0.25, 0.3) is 0 Å². The number of nitrogens with two attached hydrogens (primary N) is 1. The number of rotatable bonds is 8. The second-order valence-electron chi connectivity index (χ2n) is 4.20. The molecule has 0 aliphatic carbocycles. The zero-order valence-electron chi connectivity index (χ0n) is 10.5. The molecule has 0 bridgehead atoms. The number of hydrogen-bond acceptors (Lipinski definition) is 3. The van der Waals surface area contributed by atoms with Gasteiger partial charge in [0.2, 0.25) is 5.91 Å². The molecule has 5 heteroatoms. The summed E-state index contributed by atoms with van der Waals surface area (Å²) in [5.74, 6) is 0.203. The fourth-order valence-electron chi connectivity index (χ4n) is 1.33. The summed E-state index contributed by atoms with van der Waals surface area (Å²) in [6.45, 7) is 5.94. The van der Waals surface area contributed by atoms with Gasteiger partial charge in [-0.2, -0.15) is 0 Å². The molecule has 0 saturated carbocycles. The lowest BCUT2D eigenvalue weighted by Gasteiger charge is -2.19. The van der Waals surface area contributed by atoms with E-state index < -0.39 is 0 Å². The summed E-state index contributed by atoms with van der Waals surface area (Å²) in [7, 11) is 1.90. The number of unbranched alkanes of at least 4 members (excludes halogenated alkanes) is 1. The molecule has 0 radical (unpaired) electrons. The van der Waals surface area contributed by atoms with Gasteiger partial charge in [0, 0.05) is 19.0 Å². The van der Waals surface area contributed by atoms with Gasteiger partial charge in [-0.15, -0.1) is 0 Å². The van der Waals surface area contributed by atoms with E-state index >= 15 is 0 Å². The minimum Gasteiger partial charge on any atom is -0.393 e. The molecule has 1 amide bonds. The van der Waals surface area contributed by atoms with Crippen molar-refractivity contribution in [2.45, 2.75) is 26.7 Å². The number of amides is 1. The van der Waals surface area contributed by atoms with Gasteiger partial charge < -0.3 is 11.1 Å². The minimum absolute atomic E-state index is 0.0612. The van der Waals surface area contributed by atoms with Crippen LogP contribution in [0.5, 0.6) is 0 Å². The average Bonchev–Trinajstić information content (AvgIpc) is 2.17. The topological polar surface area (TPSA) is 58.4 Å². The van der Waals surface area contributed by atoms with Gasteiger partial charge in [-0.05, 0) is 13.5 Å². The van der Waals surface area contributed by atoms with Crippen molar-refractivity contribution in [2.24, 2.45) is 11.7 Å². The maximum atomic E-state index is 11.5. The molecule has 4 nitrogen and oxygen atoms in total. The zero-order chi connectivity index (χ0) is 12.6. The molecule has 0 aliphatic heterocycles. The Morgan fingerprint density at radius 2 is 2.19 bits per heavy atom. The van der Waals surface area contributed by atoms with Crippen LogP contribution in [0.1, 0.15) is 26.7 Å². The van der Waals surface area contributed by atoms with E-state index in [4.69, 9.17) is 18.0 Å². The predicted molar refractivity (Wildman–Crippen MR) is 71.4 cm³/mol. The smallest absolute Gasteiger partial charge is 0.234 e. The molecule has 0 aliphatic rings. The lowest BCUT2D eigenvalue weighted by atomic mass is 10.2. The largest absolute Gasteiger partial charge is 0.393 e. The van der Waals surface area contributed by atoms with E-state index in [1.54, 1.807) is 0 Å². The van der Waals surface area contributed by atoms with Gasteiger partial charge in [-0.1, -0.05) is 32.5 Å². The molecular formula is C11H23N3OS. The minimum atomic E-state index is 0.0612. The molecule has 0 saturated heterocycles. The lowest BCUT2D eigenvalue weighted by Crippen LogP contribution is -2.39. The van der Waals surface area contributed by atoms with Gasteiger partial charge in [0.25, 0.3) is 0 Å². The van der Waals surface area contributed by atoms with Gasteiger partial charge >= 0.3 is 0 Å². The van der Waals surface area contributed by atoms with Crippen LogP contribution in [-0.4, -0.2) is 42.5 Å². The zero-order valence-corrected chi connectivity index (χ0v) is 11.3. The summed E-state index contributed by atoms with van der Waals surface area (Å²) in [5.41, 5.74) is 5.52. The molecule has 1 unspecified atom stereocenters. The van der Waals surface area contributed by atoms with E-state index in [2.05, 4.69) is 12.2 Å². The summed E-state index contributed by atoms with van der Waals surface area (Å²) < 4.78 is 0. The van der Waals surface area contributed by atoms with Crippen molar-refractivity contribution in [3.05, 3.63) is 0 Å². The van der Waals surface area contributed by atoms with E-state index in [0.717, 1.165) is 25.9 Å². The molecule has 0 aromatic heterocycles. The molecule has 0 aromatic rings. The molecule has 3 N–H and O–H groups in total. The third kappa shape index (κ3) is 7.59. The van der Waals surface area contributed by atoms with Crippen LogP contribution in [0, 0.1) is 5.92 Å². The third-order valence-corrected chi connectivity index (χ3v) is 2.74. The Morgan fingerprint density at radius 1 is 1.56 bits per heavy atom. The van der Waals surface area contributed by atoms with Gasteiger partial charge in [-0.25, -0.2) is 0 Å². The molecular weight excluding hydrogens is 222 g/mol. The van der Waals surface area contributed by atoms with E-state index in [-0.39, 0.29) is 11.8 Å². The molecule has 94 valence electrons. The van der Waals surface area contributed by atoms with Crippen molar-refractivity contribution in [3.63, 3.8) is 0 Å². The summed E-state index contributed by atoms with van der Waals surface area (Å²) in [6.07, 6.45) is 2.12. The van der Waals surface area contributed by atoms with E-state index in [1.807, 2.05) is 18.9 Å². The number of nitrogens with zero attached hydrogens (tertiary/aromatic N) is 1. The highest BCUT2D eigenvalue weighted by molar-refractivity contribution is 7.80. The Bertz CT molecular complexity index is 233. The van der Waals surface area contributed by atoms with Crippen molar-refractivity contribution >= 4 is 23.1 Å². The number of likely N-dealkylation sites (N-methyl/N-ethyl adjacent to an activating group) is 1. The van der Waals surface area contributed by atoms with Gasteiger partial charge in [0.05, 0.1) is 11.5 Å². The molecule has 0 aromatic carbocycles. The maximum Gasteiger partial charge on any atom is 0.234 e. The Labute approximate surface area is 104 Å². The number of nitrogens with one attached hydrogen (secondary N) is 1. The highest BCUT2D eigenvalue weighted by Gasteiger charge is 2.11. The van der Waals surface area contributed by atoms with Crippen LogP contribution < -0.4 is 11.1 Å². The molecule has 1 atom stereocenters. The second kappa shape index (κ2) is 8.47. The summed E-state index contributed by atoms with van der Waals surface area (Å²) in [5, 5.41) is 2.87. The van der Waals surface area contributed by atoms with Crippen molar-refractivity contribution in [2.75, 3.05) is 26.7 Å². The molecule has 0 rings (SSSR count). The Hall–Kier alpha value is -0.680. The Kier molecular flexibility index (Phi) is 8.11. The quantitative estimate of drug-likeness (QED) is 0.489. The first-order valence-corrected chi connectivity index (χ1v) is 6.12. The van der Waals surface area contributed by atoms with Crippen molar-refractivity contribution in [1.29, 1.82) is 0 Å². The Morgan fingerprint density at radius 3 is 2.69 bits per heavy atom. The predicted octanol–water partition coefficient (Wildman–Crippen LogP) is 0.757. The van der Waals surface area contributed by atoms with Crippen LogP contribution in [0.2, 0.25) is 0 Å². The highest BCUT2D eigenvalue weighted by Crippen LogP contribution is 1.97. The first-order chi connectivity index (χ1) is 7.47. The summed E-state index contributed by atoms with van der Waals surface area (Å²) in [4.78, 5) is 13.9. The fraction of sp³-hybridized carbons (Fsp3) is 0.818. The summed E-state index contributed by atoms with van der Waals surface area (Å²) in [6, 6.07) is 0. The van der Waals surface area contributed by atoms with Crippen LogP contribution in [-0.2, 0) is 4.79 Å². The third-order valence-electron chi connectivity index (χ3n) is 2.34. The first-order valence-electron chi connectivity index (χ1n) is 5.72. The van der Waals surface area contributed by atoms with Crippen molar-refractivity contribution in [1.82, 2.24) is 10.2 Å². The van der Waals surface area contributed by atoms with Crippen LogP contribution in [0.3, 0.4) is 0 Å². The van der Waals surface area contributed by atoms with Crippen molar-refractivity contribution < 1.29 is 4.79 Å². The first kappa shape index (κ1) is 15.3. The highest BCUT2D eigenvalue weighted by atomic mass is 32.1. The van der Waals surface area contributed by atoms with E-state index in [9.17, 15) is 4.79 Å². The number of carbonyl (C=O) groups excluding carboxylic acids is 1. The van der Waals surface area contributed by atoms with Gasteiger partial charge in [0.1, 0.15) is 0 Å². The monoisotopic (exact) mass is 245 g/mol. The summed E-state index contributed by atoms with van der Waals surface area (Å²) >= 11 is 4.89. The van der Waals surface area contributed by atoms with Gasteiger partial charge in [0.15, 0.2) is 0 Å². The molecule has 0 heterocycles. The molecule has 0 fully saturated rings. The normalized spacial score (nSPS) is 12.5. The van der Waals surface area contributed by atoms with Crippen molar-refractivity contribution in [3.8, 4) is 0 Å². The molecule has 16 heavy (non-hydrogen) atoms.